The van der Waals surface area contributed by atoms with Gasteiger partial charge in [0.1, 0.15) is 0 Å². The van der Waals surface area contributed by atoms with Gasteiger partial charge in [0, 0.05) is 24.2 Å². The van der Waals surface area contributed by atoms with E-state index in [0.717, 1.165) is 10.7 Å². The van der Waals surface area contributed by atoms with E-state index < -0.39 is 5.97 Å². The second-order valence-electron chi connectivity index (χ2n) is 4.37. The van der Waals surface area contributed by atoms with Crippen LogP contribution in [0.1, 0.15) is 21.1 Å². The van der Waals surface area contributed by atoms with Crippen LogP contribution in [0.5, 0.6) is 0 Å². The standard InChI is InChI=1S/C15H14N2O3S/c1-10-16-12(9-21-10)5-8-14(18)17(2)13-6-3-11(4-7-13)15(19)20/h3-9H,1-2H3,(H,19,20)/b8-5+. The number of carboxylic acid groups (broad SMARTS) is 1. The first kappa shape index (κ1) is 14.9. The Morgan fingerprint density at radius 3 is 2.48 bits per heavy atom. The van der Waals surface area contributed by atoms with E-state index in [-0.39, 0.29) is 11.5 Å². The number of aryl methyl sites for hydroxylation is 1. The lowest BCUT2D eigenvalue weighted by atomic mass is 10.2. The molecule has 0 aliphatic carbocycles. The first-order valence-electron chi connectivity index (χ1n) is 6.18. The molecular weight excluding hydrogens is 288 g/mol. The summed E-state index contributed by atoms with van der Waals surface area (Å²) in [5.74, 6) is -1.20. The van der Waals surface area contributed by atoms with Crippen LogP contribution in [0.4, 0.5) is 5.69 Å². The van der Waals surface area contributed by atoms with E-state index in [4.69, 9.17) is 5.11 Å². The molecule has 0 atom stereocenters. The molecule has 5 nitrogen and oxygen atoms in total. The quantitative estimate of drug-likeness (QED) is 0.882. The van der Waals surface area contributed by atoms with E-state index in [0.29, 0.717) is 5.69 Å². The number of nitrogens with zero attached hydrogens (tertiary/aromatic N) is 2. The van der Waals surface area contributed by atoms with E-state index >= 15 is 0 Å². The van der Waals surface area contributed by atoms with Crippen LogP contribution in [0.3, 0.4) is 0 Å². The third-order valence-electron chi connectivity index (χ3n) is 2.87. The molecule has 0 bridgehead atoms. The fourth-order valence-corrected chi connectivity index (χ4v) is 2.26. The van der Waals surface area contributed by atoms with Crippen molar-refractivity contribution in [3.05, 3.63) is 52.0 Å². The minimum atomic E-state index is -0.991. The molecule has 1 heterocycles. The fourth-order valence-electron chi connectivity index (χ4n) is 1.68. The number of benzene rings is 1. The van der Waals surface area contributed by atoms with Gasteiger partial charge in [-0.15, -0.1) is 11.3 Å². The summed E-state index contributed by atoms with van der Waals surface area (Å²) >= 11 is 1.52. The predicted octanol–water partition coefficient (Wildman–Crippen LogP) is 2.83. The lowest BCUT2D eigenvalue weighted by Gasteiger charge is -2.15. The van der Waals surface area contributed by atoms with Crippen LogP contribution in [0.15, 0.2) is 35.7 Å². The summed E-state index contributed by atoms with van der Waals surface area (Å²) < 4.78 is 0. The number of anilines is 1. The number of hydrogen-bond donors (Lipinski definition) is 1. The Morgan fingerprint density at radius 2 is 1.95 bits per heavy atom. The Labute approximate surface area is 126 Å². The third-order valence-corrected chi connectivity index (χ3v) is 3.66. The summed E-state index contributed by atoms with van der Waals surface area (Å²) in [5, 5.41) is 11.7. The van der Waals surface area contributed by atoms with Crippen molar-refractivity contribution in [2.75, 3.05) is 11.9 Å². The van der Waals surface area contributed by atoms with E-state index in [1.165, 1.54) is 34.4 Å². The molecule has 0 aliphatic heterocycles. The molecular formula is C15H14N2O3S. The first-order valence-corrected chi connectivity index (χ1v) is 7.06. The number of carbonyl (C=O) groups excluding carboxylic acids is 1. The van der Waals surface area contributed by atoms with Gasteiger partial charge in [0.15, 0.2) is 0 Å². The summed E-state index contributed by atoms with van der Waals surface area (Å²) in [6.07, 6.45) is 3.10. The van der Waals surface area contributed by atoms with Crippen molar-refractivity contribution < 1.29 is 14.7 Å². The van der Waals surface area contributed by atoms with Crippen molar-refractivity contribution in [1.82, 2.24) is 4.98 Å². The van der Waals surface area contributed by atoms with Crippen molar-refractivity contribution >= 4 is 35.0 Å². The van der Waals surface area contributed by atoms with Gasteiger partial charge in [0.2, 0.25) is 0 Å². The number of carbonyl (C=O) groups is 2. The molecule has 0 spiro atoms. The van der Waals surface area contributed by atoms with E-state index in [2.05, 4.69) is 4.98 Å². The average molecular weight is 302 g/mol. The van der Waals surface area contributed by atoms with E-state index in [1.54, 1.807) is 25.3 Å². The zero-order valence-electron chi connectivity index (χ0n) is 11.6. The van der Waals surface area contributed by atoms with Crippen LogP contribution in [0.25, 0.3) is 6.08 Å². The molecule has 1 amide bonds. The minimum absolute atomic E-state index is 0.188. The maximum atomic E-state index is 12.0. The number of amides is 1. The molecule has 1 N–H and O–H groups in total. The van der Waals surface area contributed by atoms with Crippen molar-refractivity contribution in [2.24, 2.45) is 0 Å². The number of thiazole rings is 1. The second-order valence-corrected chi connectivity index (χ2v) is 5.44. The van der Waals surface area contributed by atoms with Gasteiger partial charge in [0.05, 0.1) is 16.3 Å². The topological polar surface area (TPSA) is 70.5 Å². The Bertz CT molecular complexity index is 689. The minimum Gasteiger partial charge on any atom is -0.478 e. The molecule has 0 saturated carbocycles. The number of likely N-dealkylation sites (N-methyl/N-ethyl adjacent to an activating group) is 1. The Kier molecular flexibility index (Phi) is 4.49. The van der Waals surface area contributed by atoms with Crippen LogP contribution in [-0.2, 0) is 4.79 Å². The van der Waals surface area contributed by atoms with Crippen LogP contribution >= 0.6 is 11.3 Å². The zero-order chi connectivity index (χ0) is 15.4. The molecule has 0 aliphatic rings. The van der Waals surface area contributed by atoms with Gasteiger partial charge in [-0.3, -0.25) is 4.79 Å². The average Bonchev–Trinajstić information content (AvgIpc) is 2.89. The van der Waals surface area contributed by atoms with Crippen molar-refractivity contribution in [3.63, 3.8) is 0 Å². The normalized spacial score (nSPS) is 10.8. The second kappa shape index (κ2) is 6.32. The maximum Gasteiger partial charge on any atom is 0.335 e. The van der Waals surface area contributed by atoms with Gasteiger partial charge in [-0.05, 0) is 37.3 Å². The SMILES string of the molecule is Cc1nc(/C=C/C(=O)N(C)c2ccc(C(=O)O)cc2)cs1. The summed E-state index contributed by atoms with van der Waals surface area (Å²) in [7, 11) is 1.63. The van der Waals surface area contributed by atoms with Crippen molar-refractivity contribution in [3.8, 4) is 0 Å². The van der Waals surface area contributed by atoms with Crippen molar-refractivity contribution in [1.29, 1.82) is 0 Å². The van der Waals surface area contributed by atoms with Gasteiger partial charge in [-0.25, -0.2) is 9.78 Å². The number of rotatable bonds is 4. The van der Waals surface area contributed by atoms with Crippen LogP contribution < -0.4 is 4.90 Å². The Morgan fingerprint density at radius 1 is 1.29 bits per heavy atom. The van der Waals surface area contributed by atoms with Gasteiger partial charge in [-0.1, -0.05) is 0 Å². The van der Waals surface area contributed by atoms with Crippen LogP contribution in [-0.4, -0.2) is 29.0 Å². The highest BCUT2D eigenvalue weighted by molar-refractivity contribution is 7.09. The lowest BCUT2D eigenvalue weighted by Crippen LogP contribution is -2.23. The molecule has 2 aromatic rings. The highest BCUT2D eigenvalue weighted by atomic mass is 32.1. The monoisotopic (exact) mass is 302 g/mol. The largest absolute Gasteiger partial charge is 0.478 e. The molecule has 6 heteroatoms. The lowest BCUT2D eigenvalue weighted by molar-refractivity contribution is -0.113. The highest BCUT2D eigenvalue weighted by Crippen LogP contribution is 2.15. The molecule has 21 heavy (non-hydrogen) atoms. The Hall–Kier alpha value is -2.47. The highest BCUT2D eigenvalue weighted by Gasteiger charge is 2.09. The van der Waals surface area contributed by atoms with E-state index in [9.17, 15) is 9.59 Å². The maximum absolute atomic E-state index is 12.0. The third kappa shape index (κ3) is 3.76. The molecule has 0 radical (unpaired) electrons. The summed E-state index contributed by atoms with van der Waals surface area (Å²) in [5.41, 5.74) is 1.57. The Balaban J connectivity index is 2.08. The summed E-state index contributed by atoms with van der Waals surface area (Å²) in [6.45, 7) is 1.90. The van der Waals surface area contributed by atoms with Gasteiger partial charge in [-0.2, -0.15) is 0 Å². The van der Waals surface area contributed by atoms with Gasteiger partial charge in [0.25, 0.3) is 5.91 Å². The fraction of sp³-hybridized carbons (Fsp3) is 0.133. The number of aromatic nitrogens is 1. The molecule has 0 fully saturated rings. The molecule has 2 rings (SSSR count). The van der Waals surface area contributed by atoms with E-state index in [1.807, 2.05) is 12.3 Å². The first-order chi connectivity index (χ1) is 9.97. The van der Waals surface area contributed by atoms with Gasteiger partial charge >= 0.3 is 5.97 Å². The zero-order valence-corrected chi connectivity index (χ0v) is 12.4. The molecule has 0 unspecified atom stereocenters. The van der Waals surface area contributed by atoms with Crippen molar-refractivity contribution in [2.45, 2.75) is 6.92 Å². The molecule has 108 valence electrons. The van der Waals surface area contributed by atoms with Gasteiger partial charge < -0.3 is 10.0 Å². The summed E-state index contributed by atoms with van der Waals surface area (Å²) in [6, 6.07) is 6.13. The van der Waals surface area contributed by atoms with Crippen LogP contribution in [0.2, 0.25) is 0 Å². The summed E-state index contributed by atoms with van der Waals surface area (Å²) in [4.78, 5) is 28.5. The number of aromatic carboxylic acids is 1. The smallest absolute Gasteiger partial charge is 0.335 e. The molecule has 1 aromatic carbocycles. The molecule has 0 saturated heterocycles. The molecule has 1 aromatic heterocycles. The number of hydrogen-bond acceptors (Lipinski definition) is 4. The predicted molar refractivity (Wildman–Crippen MR) is 82.7 cm³/mol. The van der Waals surface area contributed by atoms with Crippen LogP contribution in [0, 0.1) is 6.92 Å². The number of carboxylic acids is 1.